The Kier molecular flexibility index (Phi) is 2.28. The lowest BCUT2D eigenvalue weighted by atomic mass is 10.8. The predicted octanol–water partition coefficient (Wildman–Crippen LogP) is -0.300. The summed E-state index contributed by atoms with van der Waals surface area (Å²) in [5.74, 6) is 2.93. The van der Waals surface area contributed by atoms with Crippen LogP contribution < -0.4 is 4.72 Å². The predicted molar refractivity (Wildman–Crippen MR) is 31.6 cm³/mol. The van der Waals surface area contributed by atoms with Gasteiger partial charge in [-0.2, -0.15) is 0 Å². The summed E-state index contributed by atoms with van der Waals surface area (Å²) in [4.78, 5) is 0. The number of hydrogen-bond acceptors (Lipinski definition) is 1. The molecule has 0 aliphatic heterocycles. The van der Waals surface area contributed by atoms with E-state index in [1.165, 1.54) is 0 Å². The highest BCUT2D eigenvalue weighted by Crippen LogP contribution is 1.67. The van der Waals surface area contributed by atoms with Gasteiger partial charge in [0.25, 0.3) is 0 Å². The van der Waals surface area contributed by atoms with Crippen molar-refractivity contribution < 1.29 is 8.76 Å². The van der Waals surface area contributed by atoms with Gasteiger partial charge in [0, 0.05) is 6.54 Å². The molecule has 7 heavy (non-hydrogen) atoms. The Hall–Kier alpha value is -0.0600. The fourth-order valence-electron chi connectivity index (χ4n) is 0.226. The van der Waals surface area contributed by atoms with E-state index in [0.29, 0.717) is 6.54 Å². The lowest BCUT2D eigenvalue weighted by molar-refractivity contribution is 0.547. The van der Waals surface area contributed by atoms with Crippen molar-refractivity contribution in [1.82, 2.24) is 4.72 Å². The average molecular weight is 123 g/mol. The van der Waals surface area contributed by atoms with Crippen LogP contribution in [0.15, 0.2) is 0 Å². The molecule has 44 valence electrons. The van der Waals surface area contributed by atoms with Crippen LogP contribution in [0.25, 0.3) is 0 Å². The van der Waals surface area contributed by atoms with Crippen LogP contribution in [0.2, 0.25) is 0 Å². The summed E-state index contributed by atoms with van der Waals surface area (Å²) in [5, 5.41) is 0. The molecule has 0 rings (SSSR count). The Morgan fingerprint density at radius 2 is 2.43 bits per heavy atom. The zero-order valence-corrected chi connectivity index (χ0v) is 4.99. The number of rotatable bonds is 2. The van der Waals surface area contributed by atoms with E-state index in [9.17, 15) is 4.21 Å². The zero-order chi connectivity index (χ0) is 5.91. The first-order valence-electron chi connectivity index (χ1n) is 1.90. The first-order chi connectivity index (χ1) is 3.06. The van der Waals surface area contributed by atoms with Crippen molar-refractivity contribution in [3.05, 3.63) is 0 Å². The molecule has 0 aromatic rings. The second-order valence-corrected chi connectivity index (χ2v) is 2.71. The van der Waals surface area contributed by atoms with E-state index in [4.69, 9.17) is 4.55 Å². The van der Waals surface area contributed by atoms with Gasteiger partial charge in [0.05, 0.1) is 0 Å². The molecule has 0 aliphatic rings. The van der Waals surface area contributed by atoms with Gasteiger partial charge in [0.2, 0.25) is 0 Å². The third-order valence-corrected chi connectivity index (χ3v) is 1.11. The maximum atomic E-state index is 10.1. The van der Waals surface area contributed by atoms with Crippen molar-refractivity contribution in [2.24, 2.45) is 0 Å². The topological polar surface area (TPSA) is 49.3 Å². The van der Waals surface area contributed by atoms with Crippen molar-refractivity contribution in [3.8, 4) is 0 Å². The number of nitrogens with one attached hydrogen (secondary N) is 1. The zero-order valence-electron chi connectivity index (χ0n) is 4.18. The van der Waals surface area contributed by atoms with Gasteiger partial charge in [-0.1, -0.05) is 6.92 Å². The van der Waals surface area contributed by atoms with Crippen LogP contribution in [-0.4, -0.2) is 21.2 Å². The molecule has 0 amide bonds. The van der Waals surface area contributed by atoms with Gasteiger partial charge in [0.1, 0.15) is 9.99 Å². The second-order valence-electron chi connectivity index (χ2n) is 1.14. The van der Waals surface area contributed by atoms with Gasteiger partial charge < -0.3 is 4.55 Å². The lowest BCUT2D eigenvalue weighted by Gasteiger charge is -1.96. The molecule has 1 atom stereocenters. The normalized spacial score (nSPS) is 18.6. The molecular formula is C3H9NO2S. The minimum absolute atomic E-state index is 0.471. The van der Waals surface area contributed by atoms with Crippen molar-refractivity contribution >= 4 is 15.9 Å². The smallest absolute Gasteiger partial charge is 0.138 e. The van der Waals surface area contributed by atoms with Crippen LogP contribution >= 0.6 is 0 Å². The fourth-order valence-corrected chi connectivity index (χ4v) is 0.677. The molecule has 1 unspecified atom stereocenters. The van der Waals surface area contributed by atoms with Crippen LogP contribution in [0.3, 0.4) is 0 Å². The minimum Gasteiger partial charge on any atom is -0.303 e. The van der Waals surface area contributed by atoms with Gasteiger partial charge in [-0.05, 0) is 5.87 Å². The molecule has 0 aromatic carbocycles. The second kappa shape index (κ2) is 2.30. The molecule has 3 nitrogen and oxygen atoms in total. The van der Waals surface area contributed by atoms with Gasteiger partial charge in [-0.15, -0.1) is 0 Å². The average Bonchev–Trinajstić information content (AvgIpc) is 1.30. The van der Waals surface area contributed by atoms with E-state index < -0.39 is 9.99 Å². The SMILES string of the molecule is C=S(=O)(O)NCC. The Morgan fingerprint density at radius 1 is 2.00 bits per heavy atom. The molecule has 0 aliphatic carbocycles. The molecule has 0 fully saturated rings. The molecular weight excluding hydrogens is 114 g/mol. The molecule has 2 N–H and O–H groups in total. The van der Waals surface area contributed by atoms with E-state index in [1.54, 1.807) is 6.92 Å². The molecule has 0 spiro atoms. The van der Waals surface area contributed by atoms with E-state index in [1.807, 2.05) is 0 Å². The molecule has 0 radical (unpaired) electrons. The van der Waals surface area contributed by atoms with Crippen LogP contribution in [0, 0.1) is 0 Å². The quantitative estimate of drug-likeness (QED) is 0.495. The molecule has 0 saturated carbocycles. The summed E-state index contributed by atoms with van der Waals surface area (Å²) in [6, 6.07) is 0. The third-order valence-electron chi connectivity index (χ3n) is 0.370. The Morgan fingerprint density at radius 3 is 2.43 bits per heavy atom. The monoisotopic (exact) mass is 123 g/mol. The first-order valence-corrected chi connectivity index (χ1v) is 3.59. The Bertz CT molecular complexity index is 126. The summed E-state index contributed by atoms with van der Waals surface area (Å²) in [5.41, 5.74) is 0. The van der Waals surface area contributed by atoms with Gasteiger partial charge in [-0.3, -0.25) is 0 Å². The van der Waals surface area contributed by atoms with Gasteiger partial charge >= 0.3 is 0 Å². The molecule has 0 saturated heterocycles. The molecule has 0 heterocycles. The minimum atomic E-state index is -2.92. The Balaban J connectivity index is 3.60. The van der Waals surface area contributed by atoms with Crippen molar-refractivity contribution in [1.29, 1.82) is 0 Å². The highest BCUT2D eigenvalue weighted by molar-refractivity contribution is 7.93. The van der Waals surface area contributed by atoms with Crippen molar-refractivity contribution in [3.63, 3.8) is 0 Å². The van der Waals surface area contributed by atoms with Crippen LogP contribution in [-0.2, 0) is 9.99 Å². The standard InChI is InChI=1S/C3H9NO2S/c1-3-4-7(2,5)6/h2-3H2,1H3,(H2,4,5,6). The summed E-state index contributed by atoms with van der Waals surface area (Å²) >= 11 is 0. The van der Waals surface area contributed by atoms with Crippen LogP contribution in [0.4, 0.5) is 0 Å². The fraction of sp³-hybridized carbons (Fsp3) is 0.667. The van der Waals surface area contributed by atoms with Crippen molar-refractivity contribution in [2.75, 3.05) is 6.54 Å². The highest BCUT2D eigenvalue weighted by atomic mass is 32.2. The lowest BCUT2D eigenvalue weighted by Crippen LogP contribution is -2.21. The van der Waals surface area contributed by atoms with E-state index in [0.717, 1.165) is 0 Å². The Labute approximate surface area is 43.7 Å². The maximum absolute atomic E-state index is 10.1. The summed E-state index contributed by atoms with van der Waals surface area (Å²) in [7, 11) is -2.92. The maximum Gasteiger partial charge on any atom is 0.138 e. The molecule has 0 bridgehead atoms. The van der Waals surface area contributed by atoms with Gasteiger partial charge in [-0.25, -0.2) is 8.93 Å². The number of hydrogen-bond donors (Lipinski definition) is 2. The van der Waals surface area contributed by atoms with Crippen LogP contribution in [0.5, 0.6) is 0 Å². The third kappa shape index (κ3) is 5.94. The van der Waals surface area contributed by atoms with E-state index in [-0.39, 0.29) is 0 Å². The summed E-state index contributed by atoms with van der Waals surface area (Å²) < 4.78 is 20.7. The van der Waals surface area contributed by atoms with Crippen LogP contribution in [0.1, 0.15) is 6.92 Å². The molecule has 4 heteroatoms. The summed E-state index contributed by atoms with van der Waals surface area (Å²) in [6.45, 7) is 2.21. The summed E-state index contributed by atoms with van der Waals surface area (Å²) in [6.07, 6.45) is 0. The van der Waals surface area contributed by atoms with E-state index >= 15 is 0 Å². The van der Waals surface area contributed by atoms with Gasteiger partial charge in [0.15, 0.2) is 0 Å². The van der Waals surface area contributed by atoms with Crippen molar-refractivity contribution in [2.45, 2.75) is 6.92 Å². The molecule has 0 aromatic heterocycles. The first kappa shape index (κ1) is 6.94. The van der Waals surface area contributed by atoms with E-state index in [2.05, 4.69) is 10.6 Å². The largest absolute Gasteiger partial charge is 0.303 e. The highest BCUT2D eigenvalue weighted by Gasteiger charge is 1.86.